The van der Waals surface area contributed by atoms with Crippen LogP contribution in [0, 0.1) is 0 Å². The molecule has 0 bridgehead atoms. The van der Waals surface area contributed by atoms with E-state index in [9.17, 15) is 14.4 Å². The van der Waals surface area contributed by atoms with Gasteiger partial charge in [0.25, 0.3) is 0 Å². The summed E-state index contributed by atoms with van der Waals surface area (Å²) in [6.45, 7) is 6.35. The van der Waals surface area contributed by atoms with Crippen molar-refractivity contribution in [3.63, 3.8) is 0 Å². The molecule has 6 nitrogen and oxygen atoms in total. The smallest absolute Gasteiger partial charge is 0.306 e. The van der Waals surface area contributed by atoms with Crippen LogP contribution < -0.4 is 0 Å². The van der Waals surface area contributed by atoms with Gasteiger partial charge in [0.15, 0.2) is 6.10 Å². The molecule has 0 aromatic carbocycles. The third kappa shape index (κ3) is 65.6. The number of allylic oxidation sites excluding steroid dienone is 28. The van der Waals surface area contributed by atoms with E-state index in [1.165, 1.54) is 57.8 Å². The van der Waals surface area contributed by atoms with E-state index < -0.39 is 6.10 Å². The molecule has 0 aromatic rings. The van der Waals surface area contributed by atoms with Crippen LogP contribution in [-0.4, -0.2) is 37.2 Å². The number of ether oxygens (including phenoxy) is 3. The lowest BCUT2D eigenvalue weighted by Crippen LogP contribution is -2.30. The van der Waals surface area contributed by atoms with Crippen LogP contribution in [0.1, 0.15) is 271 Å². The standard InChI is InChI=1S/C76H120O6/c1-4-7-10-13-16-19-22-25-28-31-33-35-37-38-40-41-43-45-48-51-54-57-60-63-66-69-75(78)81-72-73(71-80-74(77)68-65-62-59-56-53-50-47-30-27-24-21-18-15-12-9-6-3)82-76(79)70-67-64-61-58-55-52-49-46-44-42-39-36-34-32-29-26-23-20-17-14-11-8-5-2/h7-8,10-11,16-17,19-20,25-26,28-30,33-36,38,40,42-45,47,49,51-52,54,73H,4-6,9,12-15,18,21-24,27,31-32,37,39,41,46,48,50,53,55-72H2,1-3H3/b10-7-,11-8-,19-16-,20-17-,28-25-,29-26-,35-33-,36-34-,40-38-,44-42-,45-43-,47-30-,52-49-,54-51-. The molecule has 0 aromatic heterocycles. The monoisotopic (exact) mass is 1130 g/mol. The molecular formula is C76H120O6. The lowest BCUT2D eigenvalue weighted by Gasteiger charge is -2.18. The summed E-state index contributed by atoms with van der Waals surface area (Å²) in [5.74, 6) is -0.981. The number of carbonyl (C=O) groups is 3. The molecule has 0 amide bonds. The highest BCUT2D eigenvalue weighted by atomic mass is 16.6. The molecule has 82 heavy (non-hydrogen) atoms. The number of esters is 3. The van der Waals surface area contributed by atoms with Gasteiger partial charge in [-0.2, -0.15) is 0 Å². The van der Waals surface area contributed by atoms with E-state index in [1.54, 1.807) is 0 Å². The van der Waals surface area contributed by atoms with Gasteiger partial charge in [-0.3, -0.25) is 14.4 Å². The zero-order chi connectivity index (χ0) is 59.2. The predicted octanol–water partition coefficient (Wildman–Crippen LogP) is 23.0. The Labute approximate surface area is 504 Å². The van der Waals surface area contributed by atoms with Crippen LogP contribution in [0.3, 0.4) is 0 Å². The zero-order valence-corrected chi connectivity index (χ0v) is 52.7. The van der Waals surface area contributed by atoms with E-state index in [1.807, 2.05) is 0 Å². The quantitative estimate of drug-likeness (QED) is 0.0261. The first-order valence-electron chi connectivity index (χ1n) is 33.1. The summed E-state index contributed by atoms with van der Waals surface area (Å²) in [6, 6.07) is 0. The van der Waals surface area contributed by atoms with Crippen LogP contribution in [-0.2, 0) is 28.6 Å². The minimum Gasteiger partial charge on any atom is -0.462 e. The molecule has 0 fully saturated rings. The van der Waals surface area contributed by atoms with Crippen LogP contribution in [0.4, 0.5) is 0 Å². The first-order valence-corrected chi connectivity index (χ1v) is 33.1. The van der Waals surface area contributed by atoms with Crippen molar-refractivity contribution in [1.29, 1.82) is 0 Å². The maximum absolute atomic E-state index is 12.9. The minimum atomic E-state index is -0.821. The average molecular weight is 1130 g/mol. The second-order valence-electron chi connectivity index (χ2n) is 21.3. The lowest BCUT2D eigenvalue weighted by molar-refractivity contribution is -0.167. The first kappa shape index (κ1) is 76.8. The Morgan fingerprint density at radius 2 is 0.476 bits per heavy atom. The first-order chi connectivity index (χ1) is 40.5. The SMILES string of the molecule is CC/C=C\C/C=C\C/C=C\C/C=C\C/C=C\C/C=C\C/C=C\CCCCCC(=O)OCC(COC(=O)CCCCCCC/C=C\CCCCCCCCC)OC(=O)CCCCCC/C=C\C/C=C\C/C=C\C/C=C\C/C=C\C/C=C\CC. The Morgan fingerprint density at radius 1 is 0.256 bits per heavy atom. The van der Waals surface area contributed by atoms with E-state index in [0.29, 0.717) is 12.8 Å². The van der Waals surface area contributed by atoms with Crippen LogP contribution in [0.15, 0.2) is 170 Å². The highest BCUT2D eigenvalue weighted by molar-refractivity contribution is 5.71. The maximum atomic E-state index is 12.9. The second kappa shape index (κ2) is 68.3. The molecule has 0 N–H and O–H groups in total. The molecule has 460 valence electrons. The fraction of sp³-hybridized carbons (Fsp3) is 0.592. The Kier molecular flexibility index (Phi) is 63.9. The minimum absolute atomic E-state index is 0.111. The molecule has 0 aliphatic rings. The Bertz CT molecular complexity index is 1870. The van der Waals surface area contributed by atoms with Gasteiger partial charge >= 0.3 is 17.9 Å². The predicted molar refractivity (Wildman–Crippen MR) is 357 cm³/mol. The maximum Gasteiger partial charge on any atom is 0.306 e. The summed E-state index contributed by atoms with van der Waals surface area (Å²) >= 11 is 0. The zero-order valence-electron chi connectivity index (χ0n) is 52.7. The van der Waals surface area contributed by atoms with E-state index in [2.05, 4.69) is 191 Å². The third-order valence-electron chi connectivity index (χ3n) is 13.4. The Balaban J connectivity index is 4.55. The molecule has 0 rings (SSSR count). The summed E-state index contributed by atoms with van der Waals surface area (Å²) in [5.41, 5.74) is 0. The number of carbonyl (C=O) groups excluding carboxylic acids is 3. The van der Waals surface area contributed by atoms with Gasteiger partial charge in [-0.25, -0.2) is 0 Å². The molecular weight excluding hydrogens is 1010 g/mol. The van der Waals surface area contributed by atoms with Crippen LogP contribution in [0.5, 0.6) is 0 Å². The fourth-order valence-electron chi connectivity index (χ4n) is 8.54. The number of hydrogen-bond acceptors (Lipinski definition) is 6. The molecule has 0 spiro atoms. The molecule has 0 saturated heterocycles. The summed E-state index contributed by atoms with van der Waals surface area (Å²) in [4.78, 5) is 38.4. The molecule has 1 atom stereocenters. The number of unbranched alkanes of at least 4 members (excludes halogenated alkanes) is 19. The van der Waals surface area contributed by atoms with Gasteiger partial charge < -0.3 is 14.2 Å². The van der Waals surface area contributed by atoms with Crippen LogP contribution in [0.2, 0.25) is 0 Å². The van der Waals surface area contributed by atoms with Crippen molar-refractivity contribution in [3.05, 3.63) is 170 Å². The Hall–Kier alpha value is -5.23. The summed E-state index contributed by atoms with van der Waals surface area (Å²) in [7, 11) is 0. The molecule has 1 unspecified atom stereocenters. The second-order valence-corrected chi connectivity index (χ2v) is 21.3. The average Bonchev–Trinajstić information content (AvgIpc) is 3.47. The number of hydrogen-bond donors (Lipinski definition) is 0. The van der Waals surface area contributed by atoms with E-state index in [-0.39, 0.29) is 37.5 Å². The van der Waals surface area contributed by atoms with Crippen LogP contribution >= 0.6 is 0 Å². The largest absolute Gasteiger partial charge is 0.462 e. The van der Waals surface area contributed by atoms with E-state index >= 15 is 0 Å². The van der Waals surface area contributed by atoms with Crippen molar-refractivity contribution in [2.45, 2.75) is 277 Å². The van der Waals surface area contributed by atoms with Gasteiger partial charge in [0.2, 0.25) is 0 Å². The highest BCUT2D eigenvalue weighted by Gasteiger charge is 2.19. The van der Waals surface area contributed by atoms with Gasteiger partial charge in [-0.1, -0.05) is 268 Å². The highest BCUT2D eigenvalue weighted by Crippen LogP contribution is 2.14. The van der Waals surface area contributed by atoms with Crippen molar-refractivity contribution in [2.24, 2.45) is 0 Å². The van der Waals surface area contributed by atoms with Crippen molar-refractivity contribution in [3.8, 4) is 0 Å². The summed E-state index contributed by atoms with van der Waals surface area (Å²) in [5, 5.41) is 0. The molecule has 0 radical (unpaired) electrons. The van der Waals surface area contributed by atoms with Gasteiger partial charge in [0.1, 0.15) is 13.2 Å². The van der Waals surface area contributed by atoms with Gasteiger partial charge in [-0.05, 0) is 154 Å². The van der Waals surface area contributed by atoms with Crippen LogP contribution in [0.25, 0.3) is 0 Å². The molecule has 0 saturated carbocycles. The van der Waals surface area contributed by atoms with E-state index in [4.69, 9.17) is 14.2 Å². The van der Waals surface area contributed by atoms with E-state index in [0.717, 1.165) is 173 Å². The van der Waals surface area contributed by atoms with Gasteiger partial charge in [0, 0.05) is 19.3 Å². The van der Waals surface area contributed by atoms with Crippen molar-refractivity contribution in [2.75, 3.05) is 13.2 Å². The molecule has 0 aliphatic carbocycles. The topological polar surface area (TPSA) is 78.9 Å². The normalized spacial score (nSPS) is 13.3. The Morgan fingerprint density at radius 3 is 0.768 bits per heavy atom. The fourth-order valence-corrected chi connectivity index (χ4v) is 8.54. The van der Waals surface area contributed by atoms with Gasteiger partial charge in [0.05, 0.1) is 0 Å². The van der Waals surface area contributed by atoms with Crippen molar-refractivity contribution >= 4 is 17.9 Å². The lowest BCUT2D eigenvalue weighted by atomic mass is 10.1. The summed E-state index contributed by atoms with van der Waals surface area (Å²) < 4.78 is 16.9. The molecule has 0 aliphatic heterocycles. The van der Waals surface area contributed by atoms with Gasteiger partial charge in [-0.15, -0.1) is 0 Å². The van der Waals surface area contributed by atoms with Crippen molar-refractivity contribution in [1.82, 2.24) is 0 Å². The summed E-state index contributed by atoms with van der Waals surface area (Å²) in [6.07, 6.45) is 101. The van der Waals surface area contributed by atoms with Crippen molar-refractivity contribution < 1.29 is 28.6 Å². The molecule has 6 heteroatoms. The molecule has 0 heterocycles. The third-order valence-corrected chi connectivity index (χ3v) is 13.4. The number of rotatable bonds is 58.